The number of carbonyl (C=O) groups is 2. The summed E-state index contributed by atoms with van der Waals surface area (Å²) in [4.78, 5) is 41.5. The normalized spacial score (nSPS) is 18.3. The molecule has 0 atom stereocenters. The average Bonchev–Trinajstić information content (AvgIpc) is 2.74. The smallest absolute Gasteiger partial charge is 0.409 e. The molecule has 0 bridgehead atoms. The number of hydrogen-bond acceptors (Lipinski definition) is 6. The van der Waals surface area contributed by atoms with Crippen molar-refractivity contribution in [3.05, 3.63) is 33.7 Å². The van der Waals surface area contributed by atoms with E-state index in [0.717, 1.165) is 19.6 Å². The van der Waals surface area contributed by atoms with E-state index in [-0.39, 0.29) is 29.2 Å². The molecule has 0 aromatic carbocycles. The van der Waals surface area contributed by atoms with E-state index >= 15 is 0 Å². The third-order valence-electron chi connectivity index (χ3n) is 5.72. The summed E-state index contributed by atoms with van der Waals surface area (Å²) in [5.74, 6) is -0.340. The Balaban J connectivity index is 1.59. The standard InChI is InChI=1S/C21H32N4O5/c1-3-30-21(28)25-8-5-17(6-9-25)22-19(26)18-16(2)4-7-24(20(18)27)11-10-23-12-14-29-15-13-23/h4,7,17H,3,5-6,8-15H2,1-2H3,(H,22,26). The van der Waals surface area contributed by atoms with Crippen molar-refractivity contribution in [1.82, 2.24) is 19.7 Å². The Hall–Kier alpha value is -2.39. The largest absolute Gasteiger partial charge is 0.450 e. The van der Waals surface area contributed by atoms with Gasteiger partial charge in [0.2, 0.25) is 0 Å². The van der Waals surface area contributed by atoms with Crippen molar-refractivity contribution in [3.8, 4) is 0 Å². The highest BCUT2D eigenvalue weighted by molar-refractivity contribution is 5.95. The predicted molar refractivity (Wildman–Crippen MR) is 112 cm³/mol. The quantitative estimate of drug-likeness (QED) is 0.733. The van der Waals surface area contributed by atoms with Crippen LogP contribution in [-0.2, 0) is 16.0 Å². The number of aromatic nitrogens is 1. The zero-order chi connectivity index (χ0) is 21.5. The predicted octanol–water partition coefficient (Wildman–Crippen LogP) is 0.840. The number of rotatable bonds is 6. The zero-order valence-corrected chi connectivity index (χ0v) is 17.9. The van der Waals surface area contributed by atoms with Gasteiger partial charge in [0.25, 0.3) is 11.5 Å². The molecule has 3 rings (SSSR count). The summed E-state index contributed by atoms with van der Waals surface area (Å²) in [7, 11) is 0. The molecular formula is C21H32N4O5. The molecular weight excluding hydrogens is 388 g/mol. The summed E-state index contributed by atoms with van der Waals surface area (Å²) < 4.78 is 12.0. The first-order valence-corrected chi connectivity index (χ1v) is 10.7. The minimum absolute atomic E-state index is 0.0658. The number of aryl methyl sites for hydroxylation is 1. The molecule has 9 nitrogen and oxygen atoms in total. The molecule has 2 amide bonds. The van der Waals surface area contributed by atoms with Crippen molar-refractivity contribution in [2.45, 2.75) is 39.3 Å². The number of carbonyl (C=O) groups excluding carboxylic acids is 2. The SMILES string of the molecule is CCOC(=O)N1CCC(NC(=O)c2c(C)ccn(CCN3CCOCC3)c2=O)CC1. The van der Waals surface area contributed by atoms with Crippen molar-refractivity contribution >= 4 is 12.0 Å². The van der Waals surface area contributed by atoms with E-state index in [0.29, 0.717) is 57.9 Å². The van der Waals surface area contributed by atoms with Crippen LogP contribution in [0, 0.1) is 6.92 Å². The number of ether oxygens (including phenoxy) is 2. The molecule has 1 aromatic heterocycles. The summed E-state index contributed by atoms with van der Waals surface area (Å²) in [6.45, 7) is 9.40. The highest BCUT2D eigenvalue weighted by Gasteiger charge is 2.26. The maximum absolute atomic E-state index is 12.9. The molecule has 30 heavy (non-hydrogen) atoms. The van der Waals surface area contributed by atoms with Gasteiger partial charge < -0.3 is 24.3 Å². The highest BCUT2D eigenvalue weighted by Crippen LogP contribution is 2.13. The van der Waals surface area contributed by atoms with Gasteiger partial charge >= 0.3 is 6.09 Å². The van der Waals surface area contributed by atoms with Crippen LogP contribution in [-0.4, -0.2) is 85.0 Å². The lowest BCUT2D eigenvalue weighted by molar-refractivity contribution is 0.0362. The van der Waals surface area contributed by atoms with Gasteiger partial charge in [0.1, 0.15) is 5.56 Å². The molecule has 3 heterocycles. The molecule has 2 aliphatic heterocycles. The Morgan fingerprint density at radius 1 is 1.17 bits per heavy atom. The lowest BCUT2D eigenvalue weighted by Gasteiger charge is -2.31. The Morgan fingerprint density at radius 2 is 1.87 bits per heavy atom. The van der Waals surface area contributed by atoms with Crippen LogP contribution in [0.4, 0.5) is 4.79 Å². The topological polar surface area (TPSA) is 93.1 Å². The summed E-state index contributed by atoms with van der Waals surface area (Å²) in [6.07, 6.45) is 2.72. The minimum atomic E-state index is -0.340. The third kappa shape index (κ3) is 5.60. The van der Waals surface area contributed by atoms with Crippen molar-refractivity contribution in [2.75, 3.05) is 52.5 Å². The lowest BCUT2D eigenvalue weighted by atomic mass is 10.0. The van der Waals surface area contributed by atoms with Crippen LogP contribution in [0.1, 0.15) is 35.7 Å². The van der Waals surface area contributed by atoms with Crippen molar-refractivity contribution in [2.24, 2.45) is 0 Å². The summed E-state index contributed by atoms with van der Waals surface area (Å²) in [5.41, 5.74) is 0.612. The summed E-state index contributed by atoms with van der Waals surface area (Å²) >= 11 is 0. The Kier molecular flexibility index (Phi) is 7.87. The van der Waals surface area contributed by atoms with E-state index in [2.05, 4.69) is 10.2 Å². The second-order valence-corrected chi connectivity index (χ2v) is 7.76. The molecule has 0 spiro atoms. The number of pyridine rings is 1. The fourth-order valence-electron chi connectivity index (χ4n) is 3.87. The van der Waals surface area contributed by atoms with Crippen LogP contribution in [0.2, 0.25) is 0 Å². The summed E-state index contributed by atoms with van der Waals surface area (Å²) in [5, 5.41) is 2.98. The fourth-order valence-corrected chi connectivity index (χ4v) is 3.87. The van der Waals surface area contributed by atoms with E-state index in [1.807, 2.05) is 6.07 Å². The van der Waals surface area contributed by atoms with Gasteiger partial charge in [-0.2, -0.15) is 0 Å². The first-order valence-electron chi connectivity index (χ1n) is 10.7. The van der Waals surface area contributed by atoms with Gasteiger partial charge in [0.05, 0.1) is 19.8 Å². The van der Waals surface area contributed by atoms with Gasteiger partial charge in [0.15, 0.2) is 0 Å². The highest BCUT2D eigenvalue weighted by atomic mass is 16.6. The number of morpholine rings is 1. The molecule has 2 saturated heterocycles. The van der Waals surface area contributed by atoms with Gasteiger partial charge in [-0.3, -0.25) is 14.5 Å². The number of hydrogen-bond donors (Lipinski definition) is 1. The van der Waals surface area contributed by atoms with Gasteiger partial charge in [0, 0.05) is 51.5 Å². The number of piperidine rings is 1. The summed E-state index contributed by atoms with van der Waals surface area (Å²) in [6, 6.07) is 1.75. The number of likely N-dealkylation sites (tertiary alicyclic amines) is 1. The van der Waals surface area contributed by atoms with E-state index < -0.39 is 0 Å². The molecule has 2 aliphatic rings. The molecule has 9 heteroatoms. The Labute approximate surface area is 176 Å². The number of amides is 2. The van der Waals surface area contributed by atoms with Crippen LogP contribution in [0.3, 0.4) is 0 Å². The van der Waals surface area contributed by atoms with Crippen LogP contribution in [0.25, 0.3) is 0 Å². The van der Waals surface area contributed by atoms with Gasteiger partial charge in [-0.05, 0) is 38.3 Å². The first-order chi connectivity index (χ1) is 14.5. The molecule has 2 fully saturated rings. The third-order valence-corrected chi connectivity index (χ3v) is 5.72. The average molecular weight is 421 g/mol. The maximum Gasteiger partial charge on any atom is 0.409 e. The molecule has 1 N–H and O–H groups in total. The van der Waals surface area contributed by atoms with Gasteiger partial charge in [-0.1, -0.05) is 0 Å². The Bertz CT molecular complexity index is 795. The molecule has 0 radical (unpaired) electrons. The van der Waals surface area contributed by atoms with Crippen molar-refractivity contribution in [1.29, 1.82) is 0 Å². The molecule has 1 aromatic rings. The van der Waals surface area contributed by atoms with E-state index in [1.54, 1.807) is 29.5 Å². The number of nitrogens with one attached hydrogen (secondary N) is 1. The van der Waals surface area contributed by atoms with E-state index in [4.69, 9.17) is 9.47 Å². The van der Waals surface area contributed by atoms with E-state index in [1.165, 1.54) is 0 Å². The molecule has 0 saturated carbocycles. The van der Waals surface area contributed by atoms with Crippen LogP contribution >= 0.6 is 0 Å². The lowest BCUT2D eigenvalue weighted by Crippen LogP contribution is -2.48. The molecule has 0 unspecified atom stereocenters. The monoisotopic (exact) mass is 420 g/mol. The van der Waals surface area contributed by atoms with Crippen LogP contribution in [0.15, 0.2) is 17.1 Å². The van der Waals surface area contributed by atoms with Gasteiger partial charge in [-0.15, -0.1) is 0 Å². The zero-order valence-electron chi connectivity index (χ0n) is 17.9. The van der Waals surface area contributed by atoms with Crippen LogP contribution < -0.4 is 10.9 Å². The molecule has 166 valence electrons. The second-order valence-electron chi connectivity index (χ2n) is 7.76. The maximum atomic E-state index is 12.9. The number of nitrogens with zero attached hydrogens (tertiary/aromatic N) is 3. The fraction of sp³-hybridized carbons (Fsp3) is 0.667. The van der Waals surface area contributed by atoms with Gasteiger partial charge in [-0.25, -0.2) is 4.79 Å². The van der Waals surface area contributed by atoms with Crippen molar-refractivity contribution < 1.29 is 19.1 Å². The second kappa shape index (κ2) is 10.6. The Morgan fingerprint density at radius 3 is 2.53 bits per heavy atom. The minimum Gasteiger partial charge on any atom is -0.450 e. The first kappa shape index (κ1) is 22.3. The molecule has 0 aliphatic carbocycles. The van der Waals surface area contributed by atoms with Crippen LogP contribution in [0.5, 0.6) is 0 Å². The van der Waals surface area contributed by atoms with E-state index in [9.17, 15) is 14.4 Å². The van der Waals surface area contributed by atoms with Crippen molar-refractivity contribution in [3.63, 3.8) is 0 Å².